The molecule has 1 saturated heterocycles. The molecule has 0 amide bonds. The van der Waals surface area contributed by atoms with E-state index in [1.54, 1.807) is 7.11 Å². The lowest BCUT2D eigenvalue weighted by Crippen LogP contribution is -2.39. The zero-order chi connectivity index (χ0) is 15.3. The van der Waals surface area contributed by atoms with Crippen molar-refractivity contribution in [2.45, 2.75) is 19.4 Å². The molecule has 0 spiro atoms. The molecule has 9 heteroatoms. The molecule has 2 heterocycles. The zero-order valence-corrected chi connectivity index (χ0v) is 12.7. The predicted molar refractivity (Wildman–Crippen MR) is 80.2 cm³/mol. The van der Waals surface area contributed by atoms with Gasteiger partial charge in [0.05, 0.1) is 25.4 Å². The maximum Gasteiger partial charge on any atom is 0.243 e. The molecule has 0 saturated carbocycles. The number of methoxy groups -OCH3 is 1. The lowest BCUT2D eigenvalue weighted by molar-refractivity contribution is 0.122. The smallest absolute Gasteiger partial charge is 0.243 e. The van der Waals surface area contributed by atoms with E-state index in [1.807, 2.05) is 18.7 Å². The minimum atomic E-state index is -0.301. The van der Waals surface area contributed by atoms with Crippen molar-refractivity contribution < 1.29 is 9.47 Å². The third kappa shape index (κ3) is 4.38. The molecule has 0 bridgehead atoms. The van der Waals surface area contributed by atoms with Gasteiger partial charge in [-0.1, -0.05) is 0 Å². The largest absolute Gasteiger partial charge is 0.382 e. The normalized spacial score (nSPS) is 15.9. The highest BCUT2D eigenvalue weighted by Gasteiger charge is 2.21. The Bertz CT molecular complexity index is 463. The Labute approximate surface area is 124 Å². The van der Waals surface area contributed by atoms with Gasteiger partial charge in [0.2, 0.25) is 17.8 Å². The SMILES string of the molecule is COCC(C)(C)Nc1nc(NN)nc(N2CCOCC2)n1. The number of morpholine rings is 1. The summed E-state index contributed by atoms with van der Waals surface area (Å²) in [5.41, 5.74) is 2.17. The second kappa shape index (κ2) is 6.83. The van der Waals surface area contributed by atoms with Gasteiger partial charge in [-0.2, -0.15) is 15.0 Å². The quantitative estimate of drug-likeness (QED) is 0.487. The van der Waals surface area contributed by atoms with Gasteiger partial charge in [-0.3, -0.25) is 5.43 Å². The number of rotatable bonds is 6. The van der Waals surface area contributed by atoms with Crippen LogP contribution < -0.4 is 21.5 Å². The molecule has 0 aromatic carbocycles. The number of ether oxygens (including phenoxy) is 2. The average molecular weight is 297 g/mol. The lowest BCUT2D eigenvalue weighted by atomic mass is 10.1. The van der Waals surface area contributed by atoms with Crippen LogP contribution in [0.5, 0.6) is 0 Å². The summed E-state index contributed by atoms with van der Waals surface area (Å²) in [5, 5.41) is 3.23. The summed E-state index contributed by atoms with van der Waals surface area (Å²) in [6.07, 6.45) is 0. The minimum absolute atomic E-state index is 0.301. The summed E-state index contributed by atoms with van der Waals surface area (Å²) in [6, 6.07) is 0. The molecule has 1 fully saturated rings. The van der Waals surface area contributed by atoms with Crippen LogP contribution in [0.15, 0.2) is 0 Å². The number of nitrogens with two attached hydrogens (primary N) is 1. The Morgan fingerprint density at radius 3 is 2.52 bits per heavy atom. The van der Waals surface area contributed by atoms with E-state index in [9.17, 15) is 0 Å². The number of nitrogens with zero attached hydrogens (tertiary/aromatic N) is 4. The van der Waals surface area contributed by atoms with Crippen molar-refractivity contribution in [3.8, 4) is 0 Å². The van der Waals surface area contributed by atoms with Gasteiger partial charge in [-0.15, -0.1) is 0 Å². The summed E-state index contributed by atoms with van der Waals surface area (Å²) in [4.78, 5) is 15.0. The number of nitrogens with one attached hydrogen (secondary N) is 2. The van der Waals surface area contributed by atoms with Crippen molar-refractivity contribution in [3.63, 3.8) is 0 Å². The van der Waals surface area contributed by atoms with Crippen LogP contribution >= 0.6 is 0 Å². The number of anilines is 3. The van der Waals surface area contributed by atoms with Gasteiger partial charge in [0.1, 0.15) is 0 Å². The zero-order valence-electron chi connectivity index (χ0n) is 12.7. The molecule has 0 aliphatic carbocycles. The minimum Gasteiger partial charge on any atom is -0.382 e. The van der Waals surface area contributed by atoms with Gasteiger partial charge in [0.25, 0.3) is 0 Å². The van der Waals surface area contributed by atoms with Crippen molar-refractivity contribution >= 4 is 17.8 Å². The third-order valence-corrected chi connectivity index (χ3v) is 3.00. The van der Waals surface area contributed by atoms with Gasteiger partial charge in [0, 0.05) is 20.2 Å². The van der Waals surface area contributed by atoms with Crippen molar-refractivity contribution in [1.29, 1.82) is 0 Å². The molecule has 21 heavy (non-hydrogen) atoms. The summed E-state index contributed by atoms with van der Waals surface area (Å²) >= 11 is 0. The second-order valence-electron chi connectivity index (χ2n) is 5.47. The van der Waals surface area contributed by atoms with Crippen LogP contribution in [0.4, 0.5) is 17.8 Å². The molecule has 1 aromatic heterocycles. The Morgan fingerprint density at radius 1 is 1.24 bits per heavy atom. The van der Waals surface area contributed by atoms with E-state index >= 15 is 0 Å². The van der Waals surface area contributed by atoms with Gasteiger partial charge in [-0.05, 0) is 13.8 Å². The number of aromatic nitrogens is 3. The molecule has 0 radical (unpaired) electrons. The summed E-state index contributed by atoms with van der Waals surface area (Å²) in [6.45, 7) is 7.35. The van der Waals surface area contributed by atoms with E-state index in [4.69, 9.17) is 15.3 Å². The van der Waals surface area contributed by atoms with Crippen LogP contribution in [0.25, 0.3) is 0 Å². The first-order valence-electron chi connectivity index (χ1n) is 6.86. The van der Waals surface area contributed by atoms with Crippen LogP contribution in [0, 0.1) is 0 Å². The molecule has 0 atom stereocenters. The molecule has 1 aromatic rings. The fourth-order valence-corrected chi connectivity index (χ4v) is 2.09. The van der Waals surface area contributed by atoms with E-state index in [1.165, 1.54) is 0 Å². The van der Waals surface area contributed by atoms with E-state index in [-0.39, 0.29) is 5.54 Å². The molecule has 0 unspecified atom stereocenters. The first kappa shape index (κ1) is 15.7. The molecule has 1 aliphatic rings. The van der Waals surface area contributed by atoms with Crippen LogP contribution in [-0.2, 0) is 9.47 Å². The summed E-state index contributed by atoms with van der Waals surface area (Å²) < 4.78 is 10.5. The van der Waals surface area contributed by atoms with Crippen LogP contribution in [-0.4, -0.2) is 60.5 Å². The Morgan fingerprint density at radius 2 is 1.90 bits per heavy atom. The fourth-order valence-electron chi connectivity index (χ4n) is 2.09. The molecule has 1 aliphatic heterocycles. The standard InChI is InChI=1S/C12H23N7O2/c1-12(2,8-20-3)17-9-14-10(18-13)16-11(15-9)19-4-6-21-7-5-19/h4-8,13H2,1-3H3,(H2,14,15,16,17,18). The Hall–Kier alpha value is -1.71. The van der Waals surface area contributed by atoms with E-state index in [0.717, 1.165) is 13.1 Å². The molecule has 2 rings (SSSR count). The van der Waals surface area contributed by atoms with Crippen LogP contribution in [0.1, 0.15) is 13.8 Å². The number of nitrogen functional groups attached to an aromatic ring is 1. The number of hydrogen-bond acceptors (Lipinski definition) is 9. The number of hydrazine groups is 1. The van der Waals surface area contributed by atoms with Crippen molar-refractivity contribution in [2.24, 2.45) is 5.84 Å². The molecule has 118 valence electrons. The topological polar surface area (TPSA) is 110 Å². The molecular formula is C12H23N7O2. The van der Waals surface area contributed by atoms with Crippen molar-refractivity contribution in [1.82, 2.24) is 15.0 Å². The first-order chi connectivity index (χ1) is 10.0. The van der Waals surface area contributed by atoms with Gasteiger partial charge < -0.3 is 19.7 Å². The second-order valence-corrected chi connectivity index (χ2v) is 5.47. The maximum absolute atomic E-state index is 5.44. The highest BCUT2D eigenvalue weighted by Crippen LogP contribution is 2.17. The van der Waals surface area contributed by atoms with Gasteiger partial charge in [-0.25, -0.2) is 5.84 Å². The highest BCUT2D eigenvalue weighted by molar-refractivity contribution is 5.44. The predicted octanol–water partition coefficient (Wildman–Crippen LogP) is -0.169. The monoisotopic (exact) mass is 297 g/mol. The first-order valence-corrected chi connectivity index (χ1v) is 6.86. The van der Waals surface area contributed by atoms with Crippen LogP contribution in [0.3, 0.4) is 0 Å². The Kier molecular flexibility index (Phi) is 5.10. The average Bonchev–Trinajstić information content (AvgIpc) is 2.47. The molecular weight excluding hydrogens is 274 g/mol. The maximum atomic E-state index is 5.44. The molecule has 4 N–H and O–H groups in total. The third-order valence-electron chi connectivity index (χ3n) is 3.00. The summed E-state index contributed by atoms with van der Waals surface area (Å²) in [7, 11) is 1.66. The van der Waals surface area contributed by atoms with Crippen molar-refractivity contribution in [2.75, 3.05) is 55.7 Å². The Balaban J connectivity index is 2.20. The lowest BCUT2D eigenvalue weighted by Gasteiger charge is -2.28. The summed E-state index contributed by atoms with van der Waals surface area (Å²) in [5.74, 6) is 6.80. The van der Waals surface area contributed by atoms with E-state index in [2.05, 4.69) is 25.7 Å². The van der Waals surface area contributed by atoms with Crippen LogP contribution in [0.2, 0.25) is 0 Å². The van der Waals surface area contributed by atoms with E-state index in [0.29, 0.717) is 37.7 Å². The van der Waals surface area contributed by atoms with E-state index < -0.39 is 0 Å². The van der Waals surface area contributed by atoms with Crippen molar-refractivity contribution in [3.05, 3.63) is 0 Å². The molecule has 9 nitrogen and oxygen atoms in total. The highest BCUT2D eigenvalue weighted by atomic mass is 16.5. The van der Waals surface area contributed by atoms with Gasteiger partial charge >= 0.3 is 0 Å². The van der Waals surface area contributed by atoms with Gasteiger partial charge in [0.15, 0.2) is 0 Å². The number of hydrogen-bond donors (Lipinski definition) is 3. The fraction of sp³-hybridized carbons (Fsp3) is 0.750.